The lowest BCUT2D eigenvalue weighted by Crippen LogP contribution is -2.03. The quantitative estimate of drug-likeness (QED) is 0.685. The molecule has 0 radical (unpaired) electrons. The summed E-state index contributed by atoms with van der Waals surface area (Å²) in [5.41, 5.74) is -0.733. The van der Waals surface area contributed by atoms with Gasteiger partial charge in [0.25, 0.3) is 0 Å². The number of sulfone groups is 1. The van der Waals surface area contributed by atoms with Crippen molar-refractivity contribution in [3.05, 3.63) is 52.6 Å². The molecule has 0 spiro atoms. The summed E-state index contributed by atoms with van der Waals surface area (Å²) >= 11 is 0. The molecular formula is C13H11NO6S. The van der Waals surface area contributed by atoms with Crippen LogP contribution in [0, 0.1) is 10.1 Å². The Kier molecular flexibility index (Phi) is 3.81. The molecule has 2 aromatic rings. The summed E-state index contributed by atoms with van der Waals surface area (Å²) in [5.74, 6) is -0.992. The smallest absolute Gasteiger partial charge is 0.315 e. The van der Waals surface area contributed by atoms with Gasteiger partial charge in [-0.1, -0.05) is 18.2 Å². The summed E-state index contributed by atoms with van der Waals surface area (Å²) in [6.07, 6.45) is 0. The van der Waals surface area contributed by atoms with Gasteiger partial charge in [0.15, 0.2) is 5.75 Å². The Bertz CT molecular complexity index is 786. The van der Waals surface area contributed by atoms with Gasteiger partial charge in [0.05, 0.1) is 21.8 Å². The first-order chi connectivity index (χ1) is 9.87. The molecule has 1 N–H and O–H groups in total. The van der Waals surface area contributed by atoms with E-state index in [1.54, 1.807) is 18.2 Å². The van der Waals surface area contributed by atoms with E-state index < -0.39 is 26.2 Å². The van der Waals surface area contributed by atoms with Gasteiger partial charge in [-0.05, 0) is 12.1 Å². The van der Waals surface area contributed by atoms with Crippen LogP contribution in [0.5, 0.6) is 11.5 Å². The third-order valence-electron chi connectivity index (χ3n) is 2.81. The van der Waals surface area contributed by atoms with Crippen molar-refractivity contribution in [2.75, 3.05) is 7.11 Å². The zero-order chi connectivity index (χ0) is 15.6. The standard InChI is InChI=1S/C13H11NO6S/c1-20-12-8-10(7-11(13(12)15)14(16)17)21(18,19)9-5-3-2-4-6-9/h2-8,15H,1H3. The molecule has 0 bridgehead atoms. The van der Waals surface area contributed by atoms with Gasteiger partial charge in [-0.3, -0.25) is 10.1 Å². The normalized spacial score (nSPS) is 11.1. The minimum atomic E-state index is -3.94. The fraction of sp³-hybridized carbons (Fsp3) is 0.0769. The lowest BCUT2D eigenvalue weighted by Gasteiger charge is -2.08. The molecule has 2 aromatic carbocycles. The average Bonchev–Trinajstić information content (AvgIpc) is 2.47. The van der Waals surface area contributed by atoms with Crippen LogP contribution in [0.15, 0.2) is 52.3 Å². The van der Waals surface area contributed by atoms with Gasteiger partial charge in [0.2, 0.25) is 15.6 Å². The maximum atomic E-state index is 12.4. The molecule has 7 nitrogen and oxygen atoms in total. The van der Waals surface area contributed by atoms with E-state index in [0.717, 1.165) is 12.1 Å². The summed E-state index contributed by atoms with van der Waals surface area (Å²) in [6, 6.07) is 9.34. The van der Waals surface area contributed by atoms with Gasteiger partial charge in [0.1, 0.15) is 0 Å². The summed E-state index contributed by atoms with van der Waals surface area (Å²) in [5, 5.41) is 20.6. The highest BCUT2D eigenvalue weighted by atomic mass is 32.2. The minimum absolute atomic E-state index is 0.00737. The SMILES string of the molecule is COc1cc(S(=O)(=O)c2ccccc2)cc([N+](=O)[O-])c1O. The second kappa shape index (κ2) is 5.41. The summed E-state index contributed by atoms with van der Waals surface area (Å²) in [7, 11) is -2.76. The molecule has 2 rings (SSSR count). The van der Waals surface area contributed by atoms with Crippen LogP contribution in [0.1, 0.15) is 0 Å². The predicted octanol–water partition coefficient (Wildman–Crippen LogP) is 2.14. The molecule has 8 heteroatoms. The first kappa shape index (κ1) is 14.8. The molecule has 0 aliphatic rings. The first-order valence-electron chi connectivity index (χ1n) is 5.73. The van der Waals surface area contributed by atoms with Gasteiger partial charge < -0.3 is 9.84 Å². The van der Waals surface area contributed by atoms with E-state index in [-0.39, 0.29) is 15.5 Å². The lowest BCUT2D eigenvalue weighted by molar-refractivity contribution is -0.386. The highest BCUT2D eigenvalue weighted by molar-refractivity contribution is 7.91. The Hall–Kier alpha value is -2.61. The monoisotopic (exact) mass is 309 g/mol. The molecule has 0 saturated heterocycles. The zero-order valence-electron chi connectivity index (χ0n) is 10.9. The van der Waals surface area contributed by atoms with Crippen LogP contribution in [0.4, 0.5) is 5.69 Å². The first-order valence-corrected chi connectivity index (χ1v) is 7.21. The summed E-state index contributed by atoms with van der Waals surface area (Å²) < 4.78 is 29.6. The highest BCUT2D eigenvalue weighted by Crippen LogP contribution is 2.39. The van der Waals surface area contributed by atoms with Crippen LogP contribution < -0.4 is 4.74 Å². The Morgan fingerprint density at radius 3 is 2.29 bits per heavy atom. The Labute approximate surface area is 120 Å². The number of aromatic hydroxyl groups is 1. The molecule has 0 heterocycles. The van der Waals surface area contributed by atoms with Gasteiger partial charge in [-0.15, -0.1) is 0 Å². The van der Waals surface area contributed by atoms with E-state index in [0.29, 0.717) is 0 Å². The number of hydrogen-bond donors (Lipinski definition) is 1. The molecule has 21 heavy (non-hydrogen) atoms. The topological polar surface area (TPSA) is 107 Å². The summed E-state index contributed by atoms with van der Waals surface area (Å²) in [6.45, 7) is 0. The van der Waals surface area contributed by atoms with E-state index in [1.807, 2.05) is 0 Å². The molecule has 0 aliphatic carbocycles. The fourth-order valence-electron chi connectivity index (χ4n) is 1.75. The van der Waals surface area contributed by atoms with Crippen molar-refractivity contribution in [3.8, 4) is 11.5 Å². The van der Waals surface area contributed by atoms with Crippen LogP contribution in [-0.2, 0) is 9.84 Å². The van der Waals surface area contributed by atoms with Gasteiger partial charge >= 0.3 is 5.69 Å². The minimum Gasteiger partial charge on any atom is -0.500 e. The second-order valence-corrected chi connectivity index (χ2v) is 6.02. The van der Waals surface area contributed by atoms with Crippen molar-refractivity contribution in [2.24, 2.45) is 0 Å². The summed E-state index contributed by atoms with van der Waals surface area (Å²) in [4.78, 5) is 9.70. The number of rotatable bonds is 4. The van der Waals surface area contributed by atoms with Crippen molar-refractivity contribution < 1.29 is 23.2 Å². The molecule has 110 valence electrons. The van der Waals surface area contributed by atoms with E-state index in [1.165, 1.54) is 19.2 Å². The molecule has 0 unspecified atom stereocenters. The van der Waals surface area contributed by atoms with Gasteiger partial charge in [0, 0.05) is 12.1 Å². The Balaban J connectivity index is 2.70. The van der Waals surface area contributed by atoms with Crippen LogP contribution in [0.2, 0.25) is 0 Å². The highest BCUT2D eigenvalue weighted by Gasteiger charge is 2.26. The molecule has 0 aliphatic heterocycles. The fourth-order valence-corrected chi connectivity index (χ4v) is 3.07. The average molecular weight is 309 g/mol. The number of nitrogens with zero attached hydrogens (tertiary/aromatic N) is 1. The van der Waals surface area contributed by atoms with Crippen molar-refractivity contribution in [1.29, 1.82) is 0 Å². The van der Waals surface area contributed by atoms with Crippen molar-refractivity contribution in [1.82, 2.24) is 0 Å². The second-order valence-electron chi connectivity index (χ2n) is 4.07. The third-order valence-corrected chi connectivity index (χ3v) is 4.56. The van der Waals surface area contributed by atoms with E-state index in [4.69, 9.17) is 4.74 Å². The van der Waals surface area contributed by atoms with Crippen LogP contribution in [-0.4, -0.2) is 25.6 Å². The molecule has 0 amide bonds. The number of phenolic OH excluding ortho intramolecular Hbond substituents is 1. The van der Waals surface area contributed by atoms with E-state index in [2.05, 4.69) is 0 Å². The number of benzene rings is 2. The molecule has 0 atom stereocenters. The van der Waals surface area contributed by atoms with Crippen molar-refractivity contribution >= 4 is 15.5 Å². The number of nitro benzene ring substituents is 1. The van der Waals surface area contributed by atoms with Crippen LogP contribution >= 0.6 is 0 Å². The third kappa shape index (κ3) is 2.65. The maximum Gasteiger partial charge on any atom is 0.315 e. The number of nitro groups is 1. The van der Waals surface area contributed by atoms with Gasteiger partial charge in [-0.25, -0.2) is 8.42 Å². The zero-order valence-corrected chi connectivity index (χ0v) is 11.7. The van der Waals surface area contributed by atoms with Crippen molar-refractivity contribution in [3.63, 3.8) is 0 Å². The van der Waals surface area contributed by atoms with E-state index in [9.17, 15) is 23.6 Å². The maximum absolute atomic E-state index is 12.4. The molecule has 0 saturated carbocycles. The number of hydrogen-bond acceptors (Lipinski definition) is 6. The van der Waals surface area contributed by atoms with Crippen LogP contribution in [0.25, 0.3) is 0 Å². The van der Waals surface area contributed by atoms with Crippen LogP contribution in [0.3, 0.4) is 0 Å². The Morgan fingerprint density at radius 2 is 1.76 bits per heavy atom. The molecular weight excluding hydrogens is 298 g/mol. The Morgan fingerprint density at radius 1 is 1.14 bits per heavy atom. The number of methoxy groups -OCH3 is 1. The molecule has 0 aromatic heterocycles. The number of phenols is 1. The van der Waals surface area contributed by atoms with Crippen molar-refractivity contribution in [2.45, 2.75) is 9.79 Å². The molecule has 0 fully saturated rings. The lowest BCUT2D eigenvalue weighted by atomic mass is 10.3. The largest absolute Gasteiger partial charge is 0.500 e. The number of ether oxygens (including phenoxy) is 1. The van der Waals surface area contributed by atoms with E-state index >= 15 is 0 Å². The predicted molar refractivity (Wildman–Crippen MR) is 73.2 cm³/mol. The van der Waals surface area contributed by atoms with Gasteiger partial charge in [-0.2, -0.15) is 0 Å².